The predicted molar refractivity (Wildman–Crippen MR) is 121 cm³/mol. The molecule has 0 saturated heterocycles. The Morgan fingerprint density at radius 1 is 1.03 bits per heavy atom. The number of nitrogens with one attached hydrogen (secondary N) is 1. The minimum Gasteiger partial charge on any atom is -0.482 e. The van der Waals surface area contributed by atoms with Crippen LogP contribution in [-0.2, 0) is 16.1 Å². The Hall–Kier alpha value is -2.24. The number of hydrogen-bond acceptors (Lipinski definition) is 3. The molecule has 0 radical (unpaired) electrons. The van der Waals surface area contributed by atoms with Crippen molar-refractivity contribution in [3.8, 4) is 5.75 Å². The highest BCUT2D eigenvalue weighted by molar-refractivity contribution is 6.32. The van der Waals surface area contributed by atoms with Crippen LogP contribution in [-0.4, -0.2) is 35.9 Å². The second-order valence-corrected chi connectivity index (χ2v) is 7.72. The first kappa shape index (κ1) is 24.0. The van der Waals surface area contributed by atoms with E-state index < -0.39 is 6.04 Å². The summed E-state index contributed by atoms with van der Waals surface area (Å²) in [4.78, 5) is 27.4. The van der Waals surface area contributed by atoms with E-state index in [-0.39, 0.29) is 25.0 Å². The van der Waals surface area contributed by atoms with Gasteiger partial charge in [0.15, 0.2) is 6.61 Å². The fourth-order valence-corrected chi connectivity index (χ4v) is 3.41. The topological polar surface area (TPSA) is 58.6 Å². The first-order valence-corrected chi connectivity index (χ1v) is 10.9. The largest absolute Gasteiger partial charge is 0.482 e. The Balaban J connectivity index is 2.20. The van der Waals surface area contributed by atoms with E-state index in [1.54, 1.807) is 30.3 Å². The fraction of sp³-hybridized carbons (Fsp3) is 0.391. The molecule has 5 nitrogen and oxygen atoms in total. The van der Waals surface area contributed by atoms with E-state index in [4.69, 9.17) is 27.9 Å². The molecule has 2 aromatic carbocycles. The van der Waals surface area contributed by atoms with Gasteiger partial charge in [-0.3, -0.25) is 9.59 Å². The molecule has 0 aliphatic carbocycles. The smallest absolute Gasteiger partial charge is 0.261 e. The van der Waals surface area contributed by atoms with Gasteiger partial charge in [-0.2, -0.15) is 0 Å². The van der Waals surface area contributed by atoms with Gasteiger partial charge in [0.1, 0.15) is 11.8 Å². The number of hydrogen-bond donors (Lipinski definition) is 1. The molecule has 2 rings (SSSR count). The van der Waals surface area contributed by atoms with Crippen LogP contribution in [0.4, 0.5) is 0 Å². The third kappa shape index (κ3) is 6.92. The second kappa shape index (κ2) is 12.5. The summed E-state index contributed by atoms with van der Waals surface area (Å²) in [6.07, 6.45) is 2.33. The van der Waals surface area contributed by atoms with Gasteiger partial charge >= 0.3 is 0 Å². The van der Waals surface area contributed by atoms with Gasteiger partial charge in [-0.1, -0.05) is 73.8 Å². The van der Waals surface area contributed by atoms with Crippen molar-refractivity contribution in [3.05, 3.63) is 64.1 Å². The zero-order chi connectivity index (χ0) is 21.9. The van der Waals surface area contributed by atoms with Gasteiger partial charge in [-0.15, -0.1) is 0 Å². The third-order valence-electron chi connectivity index (χ3n) is 4.70. The summed E-state index contributed by atoms with van der Waals surface area (Å²) in [5.41, 5.74) is 0.769. The predicted octanol–water partition coefficient (Wildman–Crippen LogP) is 5.10. The first-order valence-electron chi connectivity index (χ1n) is 10.2. The minimum absolute atomic E-state index is 0.177. The van der Waals surface area contributed by atoms with Crippen LogP contribution in [0.15, 0.2) is 48.5 Å². The molecule has 0 aliphatic rings. The normalized spacial score (nSPS) is 11.6. The summed E-state index contributed by atoms with van der Waals surface area (Å²) in [6, 6.07) is 13.6. The van der Waals surface area contributed by atoms with Crippen molar-refractivity contribution in [3.63, 3.8) is 0 Å². The number of rotatable bonds is 11. The van der Waals surface area contributed by atoms with Gasteiger partial charge in [0.05, 0.1) is 5.02 Å². The highest BCUT2D eigenvalue weighted by atomic mass is 35.5. The highest BCUT2D eigenvalue weighted by Crippen LogP contribution is 2.24. The molecule has 0 aromatic heterocycles. The lowest BCUT2D eigenvalue weighted by Crippen LogP contribution is -2.50. The van der Waals surface area contributed by atoms with Gasteiger partial charge in [0, 0.05) is 18.1 Å². The molecule has 162 valence electrons. The second-order valence-electron chi connectivity index (χ2n) is 6.90. The van der Waals surface area contributed by atoms with Crippen molar-refractivity contribution in [2.45, 2.75) is 45.7 Å². The molecule has 0 aliphatic heterocycles. The lowest BCUT2D eigenvalue weighted by atomic mass is 10.1. The Morgan fingerprint density at radius 3 is 2.33 bits per heavy atom. The molecule has 7 heteroatoms. The Bertz CT molecular complexity index is 845. The molecule has 0 fully saturated rings. The van der Waals surface area contributed by atoms with Gasteiger partial charge in [-0.25, -0.2) is 0 Å². The summed E-state index contributed by atoms with van der Waals surface area (Å²) in [5, 5.41) is 3.89. The third-order valence-corrected chi connectivity index (χ3v) is 5.38. The lowest BCUT2D eigenvalue weighted by Gasteiger charge is -2.31. The molecule has 1 N–H and O–H groups in total. The molecular formula is C23H28Cl2N2O3. The van der Waals surface area contributed by atoms with Crippen LogP contribution in [0.1, 0.15) is 38.7 Å². The number of amides is 2. The maximum absolute atomic E-state index is 13.1. The molecule has 2 amide bonds. The summed E-state index contributed by atoms with van der Waals surface area (Å²) in [5.74, 6) is -0.0675. The zero-order valence-corrected chi connectivity index (χ0v) is 18.9. The van der Waals surface area contributed by atoms with E-state index in [0.29, 0.717) is 28.8 Å². The van der Waals surface area contributed by atoms with Crippen LogP contribution < -0.4 is 10.1 Å². The quantitative estimate of drug-likeness (QED) is 0.484. The van der Waals surface area contributed by atoms with Gasteiger partial charge in [0.2, 0.25) is 5.91 Å². The summed E-state index contributed by atoms with van der Waals surface area (Å²) in [7, 11) is 0. The molecule has 1 atom stereocenters. The molecule has 1 unspecified atom stereocenters. The van der Waals surface area contributed by atoms with Crippen LogP contribution >= 0.6 is 23.2 Å². The van der Waals surface area contributed by atoms with Crippen molar-refractivity contribution < 1.29 is 14.3 Å². The maximum Gasteiger partial charge on any atom is 0.261 e. The van der Waals surface area contributed by atoms with E-state index in [1.807, 2.05) is 25.1 Å². The van der Waals surface area contributed by atoms with Crippen molar-refractivity contribution >= 4 is 35.0 Å². The van der Waals surface area contributed by atoms with Crippen molar-refractivity contribution in [2.24, 2.45) is 0 Å². The van der Waals surface area contributed by atoms with E-state index in [9.17, 15) is 9.59 Å². The molecule has 30 heavy (non-hydrogen) atoms. The molecular weight excluding hydrogens is 423 g/mol. The van der Waals surface area contributed by atoms with Crippen LogP contribution in [0.3, 0.4) is 0 Å². The number of carbonyl (C=O) groups excluding carboxylic acids is 2. The lowest BCUT2D eigenvalue weighted by molar-refractivity contribution is -0.143. The summed E-state index contributed by atoms with van der Waals surface area (Å²) >= 11 is 12.4. The van der Waals surface area contributed by atoms with Gasteiger partial charge in [-0.05, 0) is 36.6 Å². The number of nitrogens with zero attached hydrogens (tertiary/aromatic N) is 1. The number of benzene rings is 2. The zero-order valence-electron chi connectivity index (χ0n) is 17.4. The minimum atomic E-state index is -0.625. The van der Waals surface area contributed by atoms with Crippen molar-refractivity contribution in [2.75, 3.05) is 13.2 Å². The highest BCUT2D eigenvalue weighted by Gasteiger charge is 2.29. The molecule has 0 saturated carbocycles. The number of carbonyl (C=O) groups is 2. The van der Waals surface area contributed by atoms with Crippen LogP contribution in [0.5, 0.6) is 5.75 Å². The van der Waals surface area contributed by atoms with Gasteiger partial charge < -0.3 is 15.0 Å². The fourth-order valence-electron chi connectivity index (χ4n) is 3.02. The Morgan fingerprint density at radius 2 is 1.70 bits per heavy atom. The molecule has 0 heterocycles. The maximum atomic E-state index is 13.1. The Kier molecular flexibility index (Phi) is 9.98. The number of halogens is 2. The molecule has 0 bridgehead atoms. The molecule has 0 spiro atoms. The summed E-state index contributed by atoms with van der Waals surface area (Å²) in [6.45, 7) is 4.50. The number of unbranched alkanes of at least 4 members (excludes halogenated alkanes) is 1. The summed E-state index contributed by atoms with van der Waals surface area (Å²) < 4.78 is 5.63. The van der Waals surface area contributed by atoms with Crippen LogP contribution in [0, 0.1) is 0 Å². The monoisotopic (exact) mass is 450 g/mol. The van der Waals surface area contributed by atoms with E-state index in [1.165, 1.54) is 4.90 Å². The van der Waals surface area contributed by atoms with E-state index in [2.05, 4.69) is 12.2 Å². The van der Waals surface area contributed by atoms with Crippen LogP contribution in [0.2, 0.25) is 10.0 Å². The SMILES string of the molecule is CCCCNC(=O)C(CC)N(Cc1ccccc1Cl)C(=O)COc1ccccc1Cl. The number of ether oxygens (including phenoxy) is 1. The van der Waals surface area contributed by atoms with Crippen molar-refractivity contribution in [1.82, 2.24) is 10.2 Å². The average molecular weight is 451 g/mol. The average Bonchev–Trinajstić information content (AvgIpc) is 2.74. The Labute approximate surface area is 188 Å². The first-order chi connectivity index (χ1) is 14.5. The van der Waals surface area contributed by atoms with E-state index >= 15 is 0 Å². The van der Waals surface area contributed by atoms with Gasteiger partial charge in [0.25, 0.3) is 5.91 Å². The van der Waals surface area contributed by atoms with E-state index in [0.717, 1.165) is 18.4 Å². The van der Waals surface area contributed by atoms with Crippen molar-refractivity contribution in [1.29, 1.82) is 0 Å². The standard InChI is InChI=1S/C23H28Cl2N2O3/c1-3-5-14-26-23(29)20(4-2)27(15-17-10-6-7-11-18(17)24)22(28)16-30-21-13-9-8-12-19(21)25/h6-13,20H,3-5,14-16H2,1-2H3,(H,26,29). The van der Waals surface area contributed by atoms with Crippen LogP contribution in [0.25, 0.3) is 0 Å². The molecule has 2 aromatic rings. The number of para-hydroxylation sites is 1.